The van der Waals surface area contributed by atoms with Gasteiger partial charge in [0.05, 0.1) is 11.6 Å². The van der Waals surface area contributed by atoms with Crippen LogP contribution in [0.2, 0.25) is 5.02 Å². The molecule has 0 heterocycles. The van der Waals surface area contributed by atoms with Crippen LogP contribution in [-0.2, 0) is 6.54 Å². The molecule has 2 nitrogen and oxygen atoms in total. The number of hydrogen-bond acceptors (Lipinski definition) is 2. The number of anilines is 1. The van der Waals surface area contributed by atoms with Crippen LogP contribution in [0, 0.1) is 25.2 Å². The second-order valence-corrected chi connectivity index (χ2v) is 5.47. The average molecular weight is 285 g/mol. The first-order valence-electron chi connectivity index (χ1n) is 6.48. The number of aryl methyl sites for hydroxylation is 2. The van der Waals surface area contributed by atoms with Gasteiger partial charge in [-0.2, -0.15) is 5.26 Å². The maximum Gasteiger partial charge on any atom is 0.0992 e. The topological polar surface area (TPSA) is 27.0 Å². The van der Waals surface area contributed by atoms with Crippen LogP contribution >= 0.6 is 11.6 Å². The summed E-state index contributed by atoms with van der Waals surface area (Å²) < 4.78 is 0. The minimum absolute atomic E-state index is 0.591. The Labute approximate surface area is 125 Å². The van der Waals surface area contributed by atoms with Gasteiger partial charge in [0.2, 0.25) is 0 Å². The van der Waals surface area contributed by atoms with E-state index in [-0.39, 0.29) is 0 Å². The van der Waals surface area contributed by atoms with Crippen LogP contribution < -0.4 is 4.90 Å². The van der Waals surface area contributed by atoms with E-state index in [1.54, 1.807) is 12.1 Å². The van der Waals surface area contributed by atoms with Crippen LogP contribution in [0.5, 0.6) is 0 Å². The Bertz CT molecular complexity index is 671. The lowest BCUT2D eigenvalue weighted by molar-refractivity contribution is 0.916. The average Bonchev–Trinajstić information content (AvgIpc) is 2.40. The molecule has 2 rings (SSSR count). The van der Waals surface area contributed by atoms with Gasteiger partial charge in [-0.3, -0.25) is 0 Å². The number of hydrogen-bond donors (Lipinski definition) is 0. The lowest BCUT2D eigenvalue weighted by Crippen LogP contribution is -2.17. The molecule has 0 unspecified atom stereocenters. The maximum atomic E-state index is 8.86. The van der Waals surface area contributed by atoms with Crippen molar-refractivity contribution in [3.63, 3.8) is 0 Å². The molecule has 0 amide bonds. The SMILES string of the molecule is Cc1ccc(N(C)Cc2ccc(C#N)cc2Cl)c(C)c1. The van der Waals surface area contributed by atoms with Gasteiger partial charge >= 0.3 is 0 Å². The molecule has 2 aromatic carbocycles. The Hall–Kier alpha value is -1.98. The predicted octanol–water partition coefficient (Wildman–Crippen LogP) is 4.46. The quantitative estimate of drug-likeness (QED) is 0.832. The second kappa shape index (κ2) is 5.98. The van der Waals surface area contributed by atoms with E-state index in [0.29, 0.717) is 17.1 Å². The summed E-state index contributed by atoms with van der Waals surface area (Å²) in [5.41, 5.74) is 5.31. The van der Waals surface area contributed by atoms with Crippen molar-refractivity contribution in [2.75, 3.05) is 11.9 Å². The van der Waals surface area contributed by atoms with Gasteiger partial charge in [0.1, 0.15) is 0 Å². The molecule has 102 valence electrons. The third kappa shape index (κ3) is 3.12. The molecule has 0 aliphatic carbocycles. The molecular weight excluding hydrogens is 268 g/mol. The maximum absolute atomic E-state index is 8.86. The van der Waals surface area contributed by atoms with Crippen molar-refractivity contribution in [2.24, 2.45) is 0 Å². The molecular formula is C17H17ClN2. The van der Waals surface area contributed by atoms with Gasteiger partial charge in [-0.05, 0) is 43.2 Å². The van der Waals surface area contributed by atoms with Crippen molar-refractivity contribution in [3.8, 4) is 6.07 Å². The van der Waals surface area contributed by atoms with E-state index in [2.05, 4.69) is 43.0 Å². The highest BCUT2D eigenvalue weighted by Gasteiger charge is 2.08. The Morgan fingerprint density at radius 1 is 1.15 bits per heavy atom. The summed E-state index contributed by atoms with van der Waals surface area (Å²) in [6, 6.07) is 13.9. The highest BCUT2D eigenvalue weighted by molar-refractivity contribution is 6.31. The number of nitrogens with zero attached hydrogens (tertiary/aromatic N) is 2. The van der Waals surface area contributed by atoms with E-state index in [1.165, 1.54) is 16.8 Å². The summed E-state index contributed by atoms with van der Waals surface area (Å²) in [5, 5.41) is 9.50. The van der Waals surface area contributed by atoms with Crippen LogP contribution in [0.15, 0.2) is 36.4 Å². The minimum Gasteiger partial charge on any atom is -0.370 e. The fraction of sp³-hybridized carbons (Fsp3) is 0.235. The monoisotopic (exact) mass is 284 g/mol. The van der Waals surface area contributed by atoms with Gasteiger partial charge in [-0.25, -0.2) is 0 Å². The molecule has 0 spiro atoms. The zero-order valence-corrected chi connectivity index (χ0v) is 12.7. The van der Waals surface area contributed by atoms with Crippen LogP contribution in [0.4, 0.5) is 5.69 Å². The Morgan fingerprint density at radius 2 is 1.90 bits per heavy atom. The molecule has 0 N–H and O–H groups in total. The number of rotatable bonds is 3. The zero-order chi connectivity index (χ0) is 14.7. The molecule has 0 radical (unpaired) electrons. The van der Waals surface area contributed by atoms with Gasteiger partial charge < -0.3 is 4.90 Å². The van der Waals surface area contributed by atoms with Crippen molar-refractivity contribution in [1.29, 1.82) is 5.26 Å². The van der Waals surface area contributed by atoms with E-state index in [9.17, 15) is 0 Å². The van der Waals surface area contributed by atoms with Crippen LogP contribution in [0.1, 0.15) is 22.3 Å². The summed E-state index contributed by atoms with van der Waals surface area (Å²) in [6.45, 7) is 4.92. The molecule has 0 atom stereocenters. The molecule has 0 aromatic heterocycles. The van der Waals surface area contributed by atoms with Crippen molar-refractivity contribution < 1.29 is 0 Å². The van der Waals surface area contributed by atoms with Crippen molar-refractivity contribution in [2.45, 2.75) is 20.4 Å². The fourth-order valence-corrected chi connectivity index (χ4v) is 2.56. The van der Waals surface area contributed by atoms with Gasteiger partial charge in [-0.1, -0.05) is 35.4 Å². The number of halogens is 1. The molecule has 0 bridgehead atoms. The van der Waals surface area contributed by atoms with Gasteiger partial charge in [-0.15, -0.1) is 0 Å². The lowest BCUT2D eigenvalue weighted by atomic mass is 10.1. The highest BCUT2D eigenvalue weighted by Crippen LogP contribution is 2.24. The fourth-order valence-electron chi connectivity index (χ4n) is 2.32. The van der Waals surface area contributed by atoms with Crippen molar-refractivity contribution in [1.82, 2.24) is 0 Å². The van der Waals surface area contributed by atoms with E-state index >= 15 is 0 Å². The standard InChI is InChI=1S/C17H17ClN2/c1-12-4-7-17(13(2)8-12)20(3)11-15-6-5-14(10-19)9-16(15)18/h4-9H,11H2,1-3H3. The first-order chi connectivity index (χ1) is 9.51. The molecule has 0 aliphatic rings. The third-order valence-electron chi connectivity index (χ3n) is 3.35. The minimum atomic E-state index is 0.591. The Balaban J connectivity index is 2.23. The normalized spacial score (nSPS) is 10.2. The zero-order valence-electron chi connectivity index (χ0n) is 11.9. The smallest absolute Gasteiger partial charge is 0.0992 e. The molecule has 0 saturated carbocycles. The molecule has 0 fully saturated rings. The highest BCUT2D eigenvalue weighted by atomic mass is 35.5. The molecule has 20 heavy (non-hydrogen) atoms. The number of nitriles is 1. The molecule has 2 aromatic rings. The Morgan fingerprint density at radius 3 is 2.50 bits per heavy atom. The molecule has 0 saturated heterocycles. The second-order valence-electron chi connectivity index (χ2n) is 5.06. The molecule has 3 heteroatoms. The van der Waals surface area contributed by atoms with Crippen molar-refractivity contribution >= 4 is 17.3 Å². The van der Waals surface area contributed by atoms with Gasteiger partial charge in [0.15, 0.2) is 0 Å². The predicted molar refractivity (Wildman–Crippen MR) is 84.2 cm³/mol. The van der Waals surface area contributed by atoms with E-state index in [0.717, 1.165) is 5.56 Å². The molecule has 0 aliphatic heterocycles. The first-order valence-corrected chi connectivity index (χ1v) is 6.86. The third-order valence-corrected chi connectivity index (χ3v) is 3.71. The van der Waals surface area contributed by atoms with E-state index < -0.39 is 0 Å². The van der Waals surface area contributed by atoms with E-state index in [4.69, 9.17) is 16.9 Å². The summed E-state index contributed by atoms with van der Waals surface area (Å²) in [5.74, 6) is 0. The largest absolute Gasteiger partial charge is 0.370 e. The van der Waals surface area contributed by atoms with Crippen LogP contribution in [0.25, 0.3) is 0 Å². The lowest BCUT2D eigenvalue weighted by Gasteiger charge is -2.22. The van der Waals surface area contributed by atoms with Crippen molar-refractivity contribution in [3.05, 3.63) is 63.7 Å². The summed E-state index contributed by atoms with van der Waals surface area (Å²) in [6.07, 6.45) is 0. The van der Waals surface area contributed by atoms with E-state index in [1.807, 2.05) is 13.1 Å². The summed E-state index contributed by atoms with van der Waals surface area (Å²) in [7, 11) is 2.05. The van der Waals surface area contributed by atoms with Crippen LogP contribution in [-0.4, -0.2) is 7.05 Å². The number of benzene rings is 2. The Kier molecular flexibility index (Phi) is 4.32. The van der Waals surface area contributed by atoms with Crippen LogP contribution in [0.3, 0.4) is 0 Å². The van der Waals surface area contributed by atoms with Gasteiger partial charge in [0, 0.05) is 24.3 Å². The van der Waals surface area contributed by atoms with Gasteiger partial charge in [0.25, 0.3) is 0 Å². The first kappa shape index (κ1) is 14.4. The summed E-state index contributed by atoms with van der Waals surface area (Å²) in [4.78, 5) is 2.17. The summed E-state index contributed by atoms with van der Waals surface area (Å²) >= 11 is 6.23.